The molecule has 19 heavy (non-hydrogen) atoms. The number of benzene rings is 1. The third-order valence-electron chi connectivity index (χ3n) is 3.22. The number of hydrogen-bond acceptors (Lipinski definition) is 4. The number of hydrogen-bond donors (Lipinski definition) is 0. The van der Waals surface area contributed by atoms with Crippen LogP contribution >= 0.6 is 0 Å². The lowest BCUT2D eigenvalue weighted by Gasteiger charge is -2.05. The van der Waals surface area contributed by atoms with E-state index in [-0.39, 0.29) is 0 Å². The fraction of sp³-hybridized carbons (Fsp3) is 0.333. The monoisotopic (exact) mass is 260 g/mol. The summed E-state index contributed by atoms with van der Waals surface area (Å²) in [5.74, 6) is -0.432. The molecule has 0 heterocycles. The molecular formula is C15H16O4. The highest BCUT2D eigenvalue weighted by molar-refractivity contribution is 5.97. The van der Waals surface area contributed by atoms with Crippen LogP contribution in [0.4, 0.5) is 0 Å². The molecule has 1 aliphatic rings. The molecule has 1 fully saturated rings. The Kier molecular flexibility index (Phi) is 3.69. The van der Waals surface area contributed by atoms with Crippen molar-refractivity contribution < 1.29 is 19.1 Å². The van der Waals surface area contributed by atoms with Crippen molar-refractivity contribution in [3.63, 3.8) is 0 Å². The van der Waals surface area contributed by atoms with Gasteiger partial charge in [0, 0.05) is 11.6 Å². The predicted molar refractivity (Wildman–Crippen MR) is 70.5 cm³/mol. The molecule has 4 heteroatoms. The summed E-state index contributed by atoms with van der Waals surface area (Å²) in [6.07, 6.45) is 4.38. The largest absolute Gasteiger partial charge is 0.496 e. The highest BCUT2D eigenvalue weighted by atomic mass is 16.6. The van der Waals surface area contributed by atoms with E-state index in [2.05, 4.69) is 0 Å². The summed E-state index contributed by atoms with van der Waals surface area (Å²) in [7, 11) is 1.56. The number of esters is 2. The van der Waals surface area contributed by atoms with E-state index in [4.69, 9.17) is 9.47 Å². The minimum atomic E-state index is -0.649. The second kappa shape index (κ2) is 5.26. The van der Waals surface area contributed by atoms with Crippen molar-refractivity contribution in [2.75, 3.05) is 7.11 Å². The Bertz CT molecular complexity index is 527. The van der Waals surface area contributed by atoms with Gasteiger partial charge in [0.1, 0.15) is 5.75 Å². The van der Waals surface area contributed by atoms with Crippen molar-refractivity contribution in [1.29, 1.82) is 0 Å². The highest BCUT2D eigenvalue weighted by Crippen LogP contribution is 2.45. The van der Waals surface area contributed by atoms with E-state index < -0.39 is 17.4 Å². The van der Waals surface area contributed by atoms with Crippen LogP contribution in [0, 0.1) is 5.41 Å². The minimum Gasteiger partial charge on any atom is -0.496 e. The van der Waals surface area contributed by atoms with Crippen LogP contribution in [0.15, 0.2) is 30.3 Å². The van der Waals surface area contributed by atoms with Gasteiger partial charge in [-0.25, -0.2) is 4.79 Å². The summed E-state index contributed by atoms with van der Waals surface area (Å²) in [5.41, 5.74) is 0.306. The molecule has 0 amide bonds. The number of carbonyl (C=O) groups excluding carboxylic acids is 2. The first-order chi connectivity index (χ1) is 9.05. The average molecular weight is 260 g/mol. The Morgan fingerprint density at radius 1 is 1.26 bits per heavy atom. The van der Waals surface area contributed by atoms with Crippen molar-refractivity contribution >= 4 is 18.0 Å². The van der Waals surface area contributed by atoms with E-state index in [0.717, 1.165) is 18.4 Å². The van der Waals surface area contributed by atoms with Gasteiger partial charge in [-0.15, -0.1) is 0 Å². The molecule has 0 saturated heterocycles. The zero-order chi connectivity index (χ0) is 13.9. The van der Waals surface area contributed by atoms with Crippen molar-refractivity contribution in [3.05, 3.63) is 35.9 Å². The van der Waals surface area contributed by atoms with E-state index in [9.17, 15) is 9.59 Å². The van der Waals surface area contributed by atoms with Crippen LogP contribution in [0.2, 0.25) is 0 Å². The number of methoxy groups -OCH3 is 1. The van der Waals surface area contributed by atoms with E-state index >= 15 is 0 Å². The predicted octanol–water partition coefficient (Wildman–Crippen LogP) is 2.58. The van der Waals surface area contributed by atoms with Gasteiger partial charge in [-0.2, -0.15) is 0 Å². The summed E-state index contributed by atoms with van der Waals surface area (Å²) in [6, 6.07) is 7.28. The lowest BCUT2D eigenvalue weighted by Crippen LogP contribution is -2.18. The fourth-order valence-corrected chi connectivity index (χ4v) is 1.60. The van der Waals surface area contributed by atoms with Crippen LogP contribution in [0.3, 0.4) is 0 Å². The smallest absolute Gasteiger partial charge is 0.338 e. The maximum absolute atomic E-state index is 11.6. The van der Waals surface area contributed by atoms with Crippen molar-refractivity contribution in [2.45, 2.75) is 19.8 Å². The summed E-state index contributed by atoms with van der Waals surface area (Å²) in [6.45, 7) is 1.80. The fourth-order valence-electron chi connectivity index (χ4n) is 1.60. The Balaban J connectivity index is 1.98. The van der Waals surface area contributed by atoms with Gasteiger partial charge in [0.05, 0.1) is 12.5 Å². The maximum Gasteiger partial charge on any atom is 0.338 e. The van der Waals surface area contributed by atoms with Crippen LogP contribution in [0.5, 0.6) is 5.75 Å². The van der Waals surface area contributed by atoms with Crippen LogP contribution in [0.25, 0.3) is 6.08 Å². The summed E-state index contributed by atoms with van der Waals surface area (Å²) >= 11 is 0. The quantitative estimate of drug-likeness (QED) is 0.474. The summed E-state index contributed by atoms with van der Waals surface area (Å²) in [5, 5.41) is 0. The lowest BCUT2D eigenvalue weighted by molar-refractivity contribution is -0.160. The van der Waals surface area contributed by atoms with Crippen LogP contribution in [0.1, 0.15) is 25.3 Å². The molecule has 4 nitrogen and oxygen atoms in total. The second-order valence-electron chi connectivity index (χ2n) is 4.84. The Labute approximate surface area is 112 Å². The third-order valence-corrected chi connectivity index (χ3v) is 3.22. The van der Waals surface area contributed by atoms with Gasteiger partial charge in [-0.05, 0) is 31.9 Å². The zero-order valence-electron chi connectivity index (χ0n) is 11.0. The van der Waals surface area contributed by atoms with Gasteiger partial charge in [-0.3, -0.25) is 4.79 Å². The maximum atomic E-state index is 11.6. The van der Waals surface area contributed by atoms with E-state index in [0.29, 0.717) is 5.75 Å². The number of ether oxygens (including phenoxy) is 2. The molecule has 0 N–H and O–H groups in total. The molecular weight excluding hydrogens is 244 g/mol. The molecule has 0 atom stereocenters. The Morgan fingerprint density at radius 3 is 2.58 bits per heavy atom. The van der Waals surface area contributed by atoms with Crippen molar-refractivity contribution in [2.24, 2.45) is 5.41 Å². The Morgan fingerprint density at radius 2 is 1.95 bits per heavy atom. The zero-order valence-corrected chi connectivity index (χ0v) is 11.0. The van der Waals surface area contributed by atoms with Crippen LogP contribution < -0.4 is 4.74 Å². The lowest BCUT2D eigenvalue weighted by atomic mass is 10.1. The van der Waals surface area contributed by atoms with Gasteiger partial charge >= 0.3 is 11.9 Å². The first-order valence-electron chi connectivity index (χ1n) is 6.12. The van der Waals surface area contributed by atoms with Crippen molar-refractivity contribution in [1.82, 2.24) is 0 Å². The molecule has 0 radical (unpaired) electrons. The molecule has 2 rings (SSSR count). The first kappa shape index (κ1) is 13.3. The SMILES string of the molecule is COc1ccccc1/C=C/C(=O)OC(=O)C1(C)CC1. The van der Waals surface area contributed by atoms with Gasteiger partial charge in [-0.1, -0.05) is 18.2 Å². The third kappa shape index (κ3) is 3.22. The van der Waals surface area contributed by atoms with Gasteiger partial charge in [0.25, 0.3) is 0 Å². The van der Waals surface area contributed by atoms with Crippen LogP contribution in [-0.2, 0) is 14.3 Å². The molecule has 0 bridgehead atoms. The Hall–Kier alpha value is -2.10. The summed E-state index contributed by atoms with van der Waals surface area (Å²) < 4.78 is 9.92. The van der Waals surface area contributed by atoms with Crippen molar-refractivity contribution in [3.8, 4) is 5.75 Å². The number of para-hydroxylation sites is 1. The molecule has 100 valence electrons. The van der Waals surface area contributed by atoms with Gasteiger partial charge in [0.2, 0.25) is 0 Å². The second-order valence-corrected chi connectivity index (χ2v) is 4.84. The first-order valence-corrected chi connectivity index (χ1v) is 6.12. The highest BCUT2D eigenvalue weighted by Gasteiger charge is 2.47. The molecule has 0 aliphatic heterocycles. The average Bonchev–Trinajstić information content (AvgIpc) is 3.16. The number of rotatable bonds is 4. The molecule has 1 aromatic rings. The molecule has 1 aromatic carbocycles. The van der Waals surface area contributed by atoms with Crippen LogP contribution in [-0.4, -0.2) is 19.0 Å². The summed E-state index contributed by atoms with van der Waals surface area (Å²) in [4.78, 5) is 23.1. The molecule has 1 saturated carbocycles. The number of carbonyl (C=O) groups is 2. The van der Waals surface area contributed by atoms with Gasteiger partial charge in [0.15, 0.2) is 0 Å². The minimum absolute atomic E-state index is 0.442. The van der Waals surface area contributed by atoms with E-state index in [1.807, 2.05) is 18.2 Å². The van der Waals surface area contributed by atoms with Gasteiger partial charge < -0.3 is 9.47 Å². The molecule has 0 aromatic heterocycles. The normalized spacial score (nSPS) is 16.1. The van der Waals surface area contributed by atoms with E-state index in [1.165, 1.54) is 6.08 Å². The molecule has 1 aliphatic carbocycles. The standard InChI is InChI=1S/C15H16O4/c1-15(9-10-15)14(17)19-13(16)8-7-11-5-3-4-6-12(11)18-2/h3-8H,9-10H2,1-2H3/b8-7+. The molecule has 0 spiro atoms. The van der Waals surface area contributed by atoms with E-state index in [1.54, 1.807) is 26.2 Å². The molecule has 0 unspecified atom stereocenters. The topological polar surface area (TPSA) is 52.6 Å².